The van der Waals surface area contributed by atoms with E-state index in [1.54, 1.807) is 13.2 Å². The quantitative estimate of drug-likeness (QED) is 0.902. The molecule has 17 heavy (non-hydrogen) atoms. The van der Waals surface area contributed by atoms with Crippen molar-refractivity contribution < 1.29 is 4.74 Å². The number of hydrogen-bond donors (Lipinski definition) is 1. The average molecular weight is 276 g/mol. The molecule has 1 aromatic rings. The molecule has 0 aromatic carbocycles. The lowest BCUT2D eigenvalue weighted by atomic mass is 10.1. The molecule has 0 spiro atoms. The van der Waals surface area contributed by atoms with Crippen LogP contribution in [0.3, 0.4) is 0 Å². The van der Waals surface area contributed by atoms with Crippen LogP contribution < -0.4 is 10.6 Å². The molecule has 6 heteroatoms. The van der Waals surface area contributed by atoms with Gasteiger partial charge in [-0.25, -0.2) is 4.98 Å². The molecule has 1 unspecified atom stereocenters. The number of methoxy groups -OCH3 is 1. The van der Waals surface area contributed by atoms with Crippen LogP contribution in [0, 0.1) is 0 Å². The lowest BCUT2D eigenvalue weighted by Gasteiger charge is -2.33. The lowest BCUT2D eigenvalue weighted by Crippen LogP contribution is -2.39. The van der Waals surface area contributed by atoms with E-state index in [2.05, 4.69) is 9.88 Å². The third kappa shape index (κ3) is 2.76. The van der Waals surface area contributed by atoms with Crippen molar-refractivity contribution in [2.75, 3.05) is 30.8 Å². The molecule has 1 atom stereocenters. The van der Waals surface area contributed by atoms with Crippen LogP contribution in [0.1, 0.15) is 12.8 Å². The Balaban J connectivity index is 2.24. The van der Waals surface area contributed by atoms with Gasteiger partial charge < -0.3 is 15.4 Å². The Labute approximate surface area is 111 Å². The van der Waals surface area contributed by atoms with Crippen molar-refractivity contribution in [1.29, 1.82) is 0 Å². The molecule has 1 aliphatic heterocycles. The minimum absolute atomic E-state index is 0.221. The van der Waals surface area contributed by atoms with Crippen LogP contribution >= 0.6 is 23.2 Å². The van der Waals surface area contributed by atoms with Gasteiger partial charge in [-0.1, -0.05) is 23.2 Å². The second-order valence-corrected chi connectivity index (χ2v) is 4.92. The molecule has 4 nitrogen and oxygen atoms in total. The van der Waals surface area contributed by atoms with Gasteiger partial charge in [-0.3, -0.25) is 0 Å². The second kappa shape index (κ2) is 5.29. The van der Waals surface area contributed by atoms with Crippen molar-refractivity contribution >= 4 is 34.8 Å². The summed E-state index contributed by atoms with van der Waals surface area (Å²) in [4.78, 5) is 6.34. The topological polar surface area (TPSA) is 51.4 Å². The van der Waals surface area contributed by atoms with Crippen LogP contribution in [0.25, 0.3) is 0 Å². The summed E-state index contributed by atoms with van der Waals surface area (Å²) >= 11 is 12.0. The Hall–Kier alpha value is -0.710. The molecule has 94 valence electrons. The molecule has 2 rings (SSSR count). The predicted molar refractivity (Wildman–Crippen MR) is 70.9 cm³/mol. The largest absolute Gasteiger partial charge is 0.382 e. The zero-order valence-corrected chi connectivity index (χ0v) is 11.1. The fourth-order valence-corrected chi connectivity index (χ4v) is 2.49. The second-order valence-electron chi connectivity index (χ2n) is 4.11. The van der Waals surface area contributed by atoms with E-state index in [-0.39, 0.29) is 6.10 Å². The number of halogens is 2. The number of nitrogens with two attached hydrogens (primary N) is 1. The molecule has 0 bridgehead atoms. The highest BCUT2D eigenvalue weighted by molar-refractivity contribution is 6.37. The maximum atomic E-state index is 6.14. The summed E-state index contributed by atoms with van der Waals surface area (Å²) in [7, 11) is 1.72. The van der Waals surface area contributed by atoms with Crippen molar-refractivity contribution in [2.24, 2.45) is 0 Å². The van der Waals surface area contributed by atoms with E-state index in [0.29, 0.717) is 21.7 Å². The van der Waals surface area contributed by atoms with Gasteiger partial charge >= 0.3 is 0 Å². The van der Waals surface area contributed by atoms with Gasteiger partial charge in [0.15, 0.2) is 0 Å². The van der Waals surface area contributed by atoms with Gasteiger partial charge in [0.2, 0.25) is 0 Å². The maximum absolute atomic E-state index is 6.14. The first kappa shape index (κ1) is 12.7. The SMILES string of the molecule is COC1CCCN(c2nc(N)c(Cl)cc2Cl)C1. The van der Waals surface area contributed by atoms with Gasteiger partial charge in [-0.05, 0) is 18.9 Å². The molecule has 2 heterocycles. The average Bonchev–Trinajstić information content (AvgIpc) is 2.34. The van der Waals surface area contributed by atoms with Gasteiger partial charge in [0.05, 0.1) is 16.1 Å². The van der Waals surface area contributed by atoms with Crippen LogP contribution in [0.4, 0.5) is 11.6 Å². The molecule has 0 saturated carbocycles. The summed E-state index contributed by atoms with van der Waals surface area (Å²) < 4.78 is 5.37. The zero-order chi connectivity index (χ0) is 12.4. The monoisotopic (exact) mass is 275 g/mol. The highest BCUT2D eigenvalue weighted by Gasteiger charge is 2.22. The van der Waals surface area contributed by atoms with E-state index in [9.17, 15) is 0 Å². The number of ether oxygens (including phenoxy) is 1. The highest BCUT2D eigenvalue weighted by Crippen LogP contribution is 2.31. The summed E-state index contributed by atoms with van der Waals surface area (Å²) in [5, 5.41) is 0.917. The molecule has 2 N–H and O–H groups in total. The van der Waals surface area contributed by atoms with E-state index >= 15 is 0 Å². The summed E-state index contributed by atoms with van der Waals surface area (Å²) in [6.45, 7) is 1.69. The number of nitrogen functional groups attached to an aromatic ring is 1. The Morgan fingerprint density at radius 2 is 2.24 bits per heavy atom. The summed E-state index contributed by atoms with van der Waals surface area (Å²) in [6.07, 6.45) is 2.34. The first-order valence-corrected chi connectivity index (χ1v) is 6.26. The van der Waals surface area contributed by atoms with Crippen molar-refractivity contribution in [3.63, 3.8) is 0 Å². The first-order valence-electron chi connectivity index (χ1n) is 5.51. The van der Waals surface area contributed by atoms with Gasteiger partial charge in [0.1, 0.15) is 11.6 Å². The smallest absolute Gasteiger partial charge is 0.150 e. The van der Waals surface area contributed by atoms with Crippen LogP contribution in [0.15, 0.2) is 6.07 Å². The van der Waals surface area contributed by atoms with Crippen LogP contribution in [-0.2, 0) is 4.74 Å². The summed E-state index contributed by atoms with van der Waals surface area (Å²) in [5.41, 5.74) is 5.70. The number of anilines is 2. The van der Waals surface area contributed by atoms with Crippen molar-refractivity contribution in [3.05, 3.63) is 16.1 Å². The van der Waals surface area contributed by atoms with E-state index in [0.717, 1.165) is 25.9 Å². The fourth-order valence-electron chi connectivity index (χ4n) is 2.02. The lowest BCUT2D eigenvalue weighted by molar-refractivity contribution is 0.0891. The number of rotatable bonds is 2. The molecule has 1 aliphatic rings. The molecule has 0 aliphatic carbocycles. The third-order valence-corrected chi connectivity index (χ3v) is 3.53. The Morgan fingerprint density at radius 3 is 2.94 bits per heavy atom. The van der Waals surface area contributed by atoms with Gasteiger partial charge in [0, 0.05) is 20.2 Å². The Kier molecular flexibility index (Phi) is 3.97. The number of piperidine rings is 1. The predicted octanol–water partition coefficient (Wildman–Crippen LogP) is 2.59. The van der Waals surface area contributed by atoms with E-state index in [4.69, 9.17) is 33.7 Å². The summed E-state index contributed by atoms with van der Waals surface area (Å²) in [6, 6.07) is 1.64. The van der Waals surface area contributed by atoms with Gasteiger partial charge in [-0.2, -0.15) is 0 Å². The van der Waals surface area contributed by atoms with Crippen molar-refractivity contribution in [3.8, 4) is 0 Å². The Bertz CT molecular complexity index is 414. The standard InChI is InChI=1S/C11H15Cl2N3O/c1-17-7-3-2-4-16(6-7)11-9(13)5-8(12)10(14)15-11/h5,7H,2-4,6H2,1H3,(H2,14,15). The molecule has 0 amide bonds. The number of aromatic nitrogens is 1. The van der Waals surface area contributed by atoms with Gasteiger partial charge in [-0.15, -0.1) is 0 Å². The normalized spacial score (nSPS) is 20.6. The van der Waals surface area contributed by atoms with Crippen LogP contribution in [0.5, 0.6) is 0 Å². The minimum Gasteiger partial charge on any atom is -0.382 e. The fraction of sp³-hybridized carbons (Fsp3) is 0.545. The van der Waals surface area contributed by atoms with Gasteiger partial charge in [0.25, 0.3) is 0 Å². The molecule has 1 aromatic heterocycles. The molecular formula is C11H15Cl2N3O. The molecule has 1 fully saturated rings. The summed E-state index contributed by atoms with van der Waals surface area (Å²) in [5.74, 6) is 1.00. The van der Waals surface area contributed by atoms with Crippen molar-refractivity contribution in [2.45, 2.75) is 18.9 Å². The molecular weight excluding hydrogens is 261 g/mol. The minimum atomic E-state index is 0.221. The highest BCUT2D eigenvalue weighted by atomic mass is 35.5. The Morgan fingerprint density at radius 1 is 1.47 bits per heavy atom. The van der Waals surface area contributed by atoms with E-state index in [1.807, 2.05) is 0 Å². The number of nitrogens with zero attached hydrogens (tertiary/aromatic N) is 2. The molecule has 1 saturated heterocycles. The zero-order valence-electron chi connectivity index (χ0n) is 9.62. The van der Waals surface area contributed by atoms with Crippen LogP contribution in [0.2, 0.25) is 10.0 Å². The third-order valence-electron chi connectivity index (χ3n) is 2.95. The maximum Gasteiger partial charge on any atom is 0.150 e. The van der Waals surface area contributed by atoms with Crippen molar-refractivity contribution in [1.82, 2.24) is 4.98 Å². The van der Waals surface area contributed by atoms with E-state index in [1.165, 1.54) is 0 Å². The van der Waals surface area contributed by atoms with E-state index < -0.39 is 0 Å². The first-order chi connectivity index (χ1) is 8.11. The van der Waals surface area contributed by atoms with Crippen LogP contribution in [-0.4, -0.2) is 31.3 Å². The number of hydrogen-bond acceptors (Lipinski definition) is 4. The number of pyridine rings is 1. The molecule has 0 radical (unpaired) electrons.